The third-order valence-corrected chi connectivity index (χ3v) is 3.57. The molecule has 0 bridgehead atoms. The first-order valence-corrected chi connectivity index (χ1v) is 7.22. The van der Waals surface area contributed by atoms with E-state index in [2.05, 4.69) is 27.6 Å². The highest BCUT2D eigenvalue weighted by molar-refractivity contribution is 14.1. The van der Waals surface area contributed by atoms with Crippen molar-refractivity contribution < 1.29 is 14.6 Å². The molecule has 5 nitrogen and oxygen atoms in total. The van der Waals surface area contributed by atoms with Gasteiger partial charge in [-0.2, -0.15) is 0 Å². The molecule has 2 aromatic rings. The summed E-state index contributed by atoms with van der Waals surface area (Å²) >= 11 is 2.19. The first-order chi connectivity index (χ1) is 9.08. The van der Waals surface area contributed by atoms with Gasteiger partial charge in [-0.25, -0.2) is 4.79 Å². The van der Waals surface area contributed by atoms with Crippen LogP contribution in [0, 0.1) is 0 Å². The van der Waals surface area contributed by atoms with Crippen molar-refractivity contribution in [2.24, 2.45) is 0 Å². The Balaban J connectivity index is 2.72. The maximum absolute atomic E-state index is 11.8. The molecule has 0 aliphatic carbocycles. The first kappa shape index (κ1) is 13.9. The van der Waals surface area contributed by atoms with E-state index in [1.54, 1.807) is 19.1 Å². The summed E-state index contributed by atoms with van der Waals surface area (Å²) in [5.74, 6) is -1.15. The normalized spacial score (nSPS) is 10.6. The molecule has 0 radical (unpaired) electrons. The number of ether oxygens (including phenoxy) is 1. The van der Waals surface area contributed by atoms with Crippen molar-refractivity contribution in [2.75, 3.05) is 6.61 Å². The molecule has 0 aliphatic heterocycles. The average Bonchev–Trinajstić information content (AvgIpc) is 2.38. The van der Waals surface area contributed by atoms with Gasteiger partial charge in [0, 0.05) is 9.81 Å². The molecular formula is C13H12INO4. The van der Waals surface area contributed by atoms with Crippen molar-refractivity contribution >= 4 is 39.5 Å². The number of aromatic hydroxyl groups is 1. The third-order valence-electron chi connectivity index (χ3n) is 2.69. The summed E-state index contributed by atoms with van der Waals surface area (Å²) < 4.78 is 5.54. The average molecular weight is 373 g/mol. The fourth-order valence-corrected chi connectivity index (χ4v) is 2.27. The van der Waals surface area contributed by atoms with Gasteiger partial charge in [0.25, 0.3) is 5.56 Å². The van der Waals surface area contributed by atoms with E-state index in [0.29, 0.717) is 10.9 Å². The Bertz CT molecular complexity index is 693. The molecule has 19 heavy (non-hydrogen) atoms. The van der Waals surface area contributed by atoms with Gasteiger partial charge < -0.3 is 14.8 Å². The number of pyridine rings is 1. The number of esters is 1. The Morgan fingerprint density at radius 1 is 1.47 bits per heavy atom. The van der Waals surface area contributed by atoms with Gasteiger partial charge in [-0.3, -0.25) is 4.79 Å². The minimum Gasteiger partial charge on any atom is -0.506 e. The molecule has 2 N–H and O–H groups in total. The predicted molar refractivity (Wildman–Crippen MR) is 79.9 cm³/mol. The highest BCUT2D eigenvalue weighted by Crippen LogP contribution is 2.26. The minimum atomic E-state index is -0.817. The van der Waals surface area contributed by atoms with E-state index >= 15 is 0 Å². The summed E-state index contributed by atoms with van der Waals surface area (Å²) in [6.45, 7) is 1.78. The first-order valence-electron chi connectivity index (χ1n) is 5.69. The molecule has 0 unspecified atom stereocenters. The smallest absolute Gasteiger partial charge is 0.347 e. The number of rotatable bonds is 3. The number of H-pyrrole nitrogens is 1. The Hall–Kier alpha value is -1.57. The molecular weight excluding hydrogens is 361 g/mol. The van der Waals surface area contributed by atoms with Crippen LogP contribution in [0.5, 0.6) is 5.75 Å². The van der Waals surface area contributed by atoms with Crippen molar-refractivity contribution in [1.82, 2.24) is 4.98 Å². The van der Waals surface area contributed by atoms with Gasteiger partial charge in [0.1, 0.15) is 5.75 Å². The number of aromatic amines is 1. The molecule has 0 saturated carbocycles. The van der Waals surface area contributed by atoms with E-state index in [9.17, 15) is 14.7 Å². The zero-order valence-corrected chi connectivity index (χ0v) is 12.4. The summed E-state index contributed by atoms with van der Waals surface area (Å²) in [7, 11) is 0. The number of benzene rings is 1. The molecule has 0 fully saturated rings. The van der Waals surface area contributed by atoms with Gasteiger partial charge >= 0.3 is 5.97 Å². The zero-order valence-electron chi connectivity index (χ0n) is 10.2. The summed E-state index contributed by atoms with van der Waals surface area (Å²) in [6.07, 6.45) is 0. The minimum absolute atomic E-state index is 0.142. The van der Waals surface area contributed by atoms with E-state index in [0.717, 1.165) is 9.99 Å². The second kappa shape index (κ2) is 5.60. The number of alkyl halides is 1. The standard InChI is InChI=1S/C13H12INO4/c1-2-19-13(18)10-11(16)8-5-7(6-14)3-4-9(8)15-12(10)17/h3-5H,2,6H2,1H3,(H2,15,16,17). The number of nitrogens with one attached hydrogen (secondary N) is 1. The lowest BCUT2D eigenvalue weighted by Crippen LogP contribution is -2.20. The van der Waals surface area contributed by atoms with E-state index < -0.39 is 11.5 Å². The zero-order chi connectivity index (χ0) is 14.0. The lowest BCUT2D eigenvalue weighted by atomic mass is 10.1. The molecule has 1 aromatic heterocycles. The van der Waals surface area contributed by atoms with Gasteiger partial charge in [0.05, 0.1) is 12.1 Å². The van der Waals surface area contributed by atoms with Gasteiger partial charge in [0.15, 0.2) is 5.56 Å². The van der Waals surface area contributed by atoms with Crippen molar-refractivity contribution in [2.45, 2.75) is 11.4 Å². The Labute approximate surface area is 122 Å². The maximum atomic E-state index is 11.8. The Morgan fingerprint density at radius 2 is 2.21 bits per heavy atom. The summed E-state index contributed by atoms with van der Waals surface area (Å²) in [6, 6.07) is 5.31. The molecule has 0 spiro atoms. The summed E-state index contributed by atoms with van der Waals surface area (Å²) in [5.41, 5.74) is 0.486. The largest absolute Gasteiger partial charge is 0.506 e. The molecule has 6 heteroatoms. The lowest BCUT2D eigenvalue weighted by molar-refractivity contribution is 0.0521. The van der Waals surface area contributed by atoms with Crippen molar-refractivity contribution in [3.05, 3.63) is 39.7 Å². The second-order valence-corrected chi connectivity index (χ2v) is 4.67. The topological polar surface area (TPSA) is 79.4 Å². The van der Waals surface area contributed by atoms with Crippen LogP contribution in [0.15, 0.2) is 23.0 Å². The van der Waals surface area contributed by atoms with Crippen LogP contribution in [0.4, 0.5) is 0 Å². The van der Waals surface area contributed by atoms with Crippen molar-refractivity contribution in [3.63, 3.8) is 0 Å². The second-order valence-electron chi connectivity index (χ2n) is 3.91. The molecule has 1 aromatic carbocycles. The SMILES string of the molecule is CCOC(=O)c1c(O)c2cc(CI)ccc2[nH]c1=O. The highest BCUT2D eigenvalue weighted by Gasteiger charge is 2.20. The molecule has 0 amide bonds. The number of halogens is 1. The lowest BCUT2D eigenvalue weighted by Gasteiger charge is -2.07. The fourth-order valence-electron chi connectivity index (χ4n) is 1.80. The van der Waals surface area contributed by atoms with Crippen LogP contribution in [0.25, 0.3) is 10.9 Å². The third kappa shape index (κ3) is 2.58. The van der Waals surface area contributed by atoms with E-state index in [-0.39, 0.29) is 17.9 Å². The Morgan fingerprint density at radius 3 is 2.84 bits per heavy atom. The van der Waals surface area contributed by atoms with Crippen LogP contribution in [0.2, 0.25) is 0 Å². The van der Waals surface area contributed by atoms with E-state index in [1.807, 2.05) is 6.07 Å². The number of carbonyl (C=O) groups excluding carboxylic acids is 1. The van der Waals surface area contributed by atoms with Crippen molar-refractivity contribution in [1.29, 1.82) is 0 Å². The molecule has 0 atom stereocenters. The summed E-state index contributed by atoms with van der Waals surface area (Å²) in [4.78, 5) is 26.1. The maximum Gasteiger partial charge on any atom is 0.347 e. The number of hydrogen-bond donors (Lipinski definition) is 2. The summed E-state index contributed by atoms with van der Waals surface area (Å²) in [5, 5.41) is 10.6. The number of hydrogen-bond acceptors (Lipinski definition) is 4. The van der Waals surface area contributed by atoms with Gasteiger partial charge in [0.2, 0.25) is 0 Å². The van der Waals surface area contributed by atoms with E-state index in [1.165, 1.54) is 0 Å². The van der Waals surface area contributed by atoms with Crippen LogP contribution in [-0.2, 0) is 9.16 Å². The van der Waals surface area contributed by atoms with Crippen molar-refractivity contribution in [3.8, 4) is 5.75 Å². The van der Waals surface area contributed by atoms with Gasteiger partial charge in [-0.15, -0.1) is 0 Å². The molecule has 100 valence electrons. The van der Waals surface area contributed by atoms with Crippen LogP contribution in [0.3, 0.4) is 0 Å². The van der Waals surface area contributed by atoms with E-state index in [4.69, 9.17) is 4.74 Å². The van der Waals surface area contributed by atoms with Crippen LogP contribution < -0.4 is 5.56 Å². The van der Waals surface area contributed by atoms with Crippen LogP contribution in [0.1, 0.15) is 22.8 Å². The Kier molecular flexibility index (Phi) is 4.08. The van der Waals surface area contributed by atoms with Crippen LogP contribution in [-0.4, -0.2) is 22.7 Å². The fraction of sp³-hybridized carbons (Fsp3) is 0.231. The molecule has 0 aliphatic rings. The van der Waals surface area contributed by atoms with Crippen LogP contribution >= 0.6 is 22.6 Å². The van der Waals surface area contributed by atoms with Gasteiger partial charge in [-0.05, 0) is 24.6 Å². The number of fused-ring (bicyclic) bond motifs is 1. The quantitative estimate of drug-likeness (QED) is 0.492. The number of aromatic nitrogens is 1. The molecule has 1 heterocycles. The monoisotopic (exact) mass is 373 g/mol. The predicted octanol–water partition coefficient (Wildman–Crippen LogP) is 2.35. The molecule has 0 saturated heterocycles. The molecule has 2 rings (SSSR count). The highest BCUT2D eigenvalue weighted by atomic mass is 127. The number of carbonyl (C=O) groups is 1. The van der Waals surface area contributed by atoms with Gasteiger partial charge in [-0.1, -0.05) is 28.7 Å².